The molecule has 1 aliphatic carbocycles. The van der Waals surface area contributed by atoms with Crippen LogP contribution in [-0.2, 0) is 4.74 Å². The summed E-state index contributed by atoms with van der Waals surface area (Å²) in [5, 5.41) is 0. The van der Waals surface area contributed by atoms with Gasteiger partial charge in [0.1, 0.15) is 6.10 Å². The number of halogens is 2. The molecule has 0 bridgehead atoms. The summed E-state index contributed by atoms with van der Waals surface area (Å²) in [6.45, 7) is 0. The normalized spacial score (nSPS) is 23.1. The Morgan fingerprint density at radius 1 is 1.29 bits per heavy atom. The fraction of sp³-hybridized carbons (Fsp3) is 0.462. The van der Waals surface area contributed by atoms with Gasteiger partial charge in [0, 0.05) is 12.8 Å². The van der Waals surface area contributed by atoms with Crippen molar-refractivity contribution in [2.24, 2.45) is 0 Å². The summed E-state index contributed by atoms with van der Waals surface area (Å²) in [5.41, 5.74) is 0.404. The van der Waals surface area contributed by atoms with Gasteiger partial charge in [0.25, 0.3) is 5.92 Å². The summed E-state index contributed by atoms with van der Waals surface area (Å²) in [6.07, 6.45) is -0.197. The summed E-state index contributed by atoms with van der Waals surface area (Å²) in [7, 11) is 0. The summed E-state index contributed by atoms with van der Waals surface area (Å²) >= 11 is 0. The van der Waals surface area contributed by atoms with Crippen LogP contribution < -0.4 is 0 Å². The Kier molecular flexibility index (Phi) is 3.41. The van der Waals surface area contributed by atoms with Crippen molar-refractivity contribution in [3.63, 3.8) is 0 Å². The molecule has 1 atom stereocenters. The highest BCUT2D eigenvalue weighted by molar-refractivity contribution is 5.89. The summed E-state index contributed by atoms with van der Waals surface area (Å²) in [6, 6.07) is 8.44. The van der Waals surface area contributed by atoms with E-state index in [1.54, 1.807) is 30.3 Å². The second-order valence-corrected chi connectivity index (χ2v) is 4.35. The van der Waals surface area contributed by atoms with E-state index in [4.69, 9.17) is 4.74 Å². The van der Waals surface area contributed by atoms with Gasteiger partial charge in [-0.15, -0.1) is 0 Å². The van der Waals surface area contributed by atoms with Gasteiger partial charge in [0.2, 0.25) is 0 Å². The Bertz CT molecular complexity index is 390. The van der Waals surface area contributed by atoms with Gasteiger partial charge < -0.3 is 4.74 Å². The number of hydrogen-bond acceptors (Lipinski definition) is 2. The van der Waals surface area contributed by atoms with Crippen LogP contribution in [-0.4, -0.2) is 18.0 Å². The number of rotatable bonds is 2. The molecule has 0 N–H and O–H groups in total. The van der Waals surface area contributed by atoms with Crippen molar-refractivity contribution in [1.82, 2.24) is 0 Å². The molecule has 0 spiro atoms. The van der Waals surface area contributed by atoms with E-state index in [-0.39, 0.29) is 12.8 Å². The molecule has 0 saturated heterocycles. The first kappa shape index (κ1) is 12.0. The Morgan fingerprint density at radius 2 is 2.00 bits per heavy atom. The van der Waals surface area contributed by atoms with Crippen LogP contribution in [0, 0.1) is 0 Å². The van der Waals surface area contributed by atoms with Gasteiger partial charge in [-0.3, -0.25) is 0 Å². The zero-order valence-electron chi connectivity index (χ0n) is 9.36. The third-order valence-corrected chi connectivity index (χ3v) is 2.88. The molecule has 1 unspecified atom stereocenters. The molecule has 92 valence electrons. The molecule has 0 aliphatic heterocycles. The molecule has 17 heavy (non-hydrogen) atoms. The molecule has 1 saturated carbocycles. The third kappa shape index (κ3) is 3.25. The van der Waals surface area contributed by atoms with Crippen molar-refractivity contribution in [3.05, 3.63) is 35.9 Å². The number of esters is 1. The molecular weight excluding hydrogens is 226 g/mol. The molecule has 0 radical (unpaired) electrons. The van der Waals surface area contributed by atoms with E-state index in [9.17, 15) is 13.6 Å². The maximum absolute atomic E-state index is 13.1. The van der Waals surface area contributed by atoms with E-state index < -0.39 is 18.0 Å². The number of carbonyl (C=O) groups is 1. The van der Waals surface area contributed by atoms with Gasteiger partial charge in [-0.05, 0) is 25.0 Å². The second-order valence-electron chi connectivity index (χ2n) is 4.35. The van der Waals surface area contributed by atoms with Crippen LogP contribution in [0.2, 0.25) is 0 Å². The first-order chi connectivity index (χ1) is 8.07. The van der Waals surface area contributed by atoms with Crippen LogP contribution in [0.5, 0.6) is 0 Å². The largest absolute Gasteiger partial charge is 0.459 e. The molecule has 0 heterocycles. The number of hydrogen-bond donors (Lipinski definition) is 0. The van der Waals surface area contributed by atoms with Crippen molar-refractivity contribution in [1.29, 1.82) is 0 Å². The maximum Gasteiger partial charge on any atom is 0.338 e. The first-order valence-corrected chi connectivity index (χ1v) is 5.71. The molecule has 4 heteroatoms. The van der Waals surface area contributed by atoms with Crippen LogP contribution in [0.25, 0.3) is 0 Å². The fourth-order valence-corrected chi connectivity index (χ4v) is 2.02. The number of alkyl halides is 2. The number of carbonyl (C=O) groups excluding carboxylic acids is 1. The van der Waals surface area contributed by atoms with E-state index >= 15 is 0 Å². The molecule has 2 nitrogen and oxygen atoms in total. The number of benzene rings is 1. The molecule has 2 rings (SSSR count). The highest BCUT2D eigenvalue weighted by atomic mass is 19.3. The Balaban J connectivity index is 1.95. The predicted molar refractivity (Wildman–Crippen MR) is 59.1 cm³/mol. The predicted octanol–water partition coefficient (Wildman–Crippen LogP) is 3.42. The monoisotopic (exact) mass is 240 g/mol. The van der Waals surface area contributed by atoms with E-state index in [1.807, 2.05) is 0 Å². The van der Waals surface area contributed by atoms with Crippen LogP contribution in [0.3, 0.4) is 0 Å². The lowest BCUT2D eigenvalue weighted by atomic mass is 9.94. The van der Waals surface area contributed by atoms with E-state index in [1.165, 1.54) is 0 Å². The topological polar surface area (TPSA) is 26.3 Å². The lowest BCUT2D eigenvalue weighted by Gasteiger charge is -2.28. The van der Waals surface area contributed by atoms with Gasteiger partial charge in [0.15, 0.2) is 0 Å². The molecular formula is C13H14F2O2. The highest BCUT2D eigenvalue weighted by Gasteiger charge is 2.37. The quantitative estimate of drug-likeness (QED) is 0.740. The first-order valence-electron chi connectivity index (χ1n) is 5.71. The van der Waals surface area contributed by atoms with Gasteiger partial charge >= 0.3 is 5.97 Å². The van der Waals surface area contributed by atoms with Crippen molar-refractivity contribution >= 4 is 5.97 Å². The Labute approximate surface area is 98.6 Å². The molecule has 0 amide bonds. The minimum Gasteiger partial charge on any atom is -0.459 e. The molecule has 1 aromatic rings. The molecule has 0 aromatic heterocycles. The molecule has 1 fully saturated rings. The SMILES string of the molecule is O=C(OC1CCCC(F)(F)C1)c1ccccc1. The lowest BCUT2D eigenvalue weighted by molar-refractivity contribution is -0.0816. The van der Waals surface area contributed by atoms with Crippen LogP contribution in [0.15, 0.2) is 30.3 Å². The summed E-state index contributed by atoms with van der Waals surface area (Å²) < 4.78 is 31.3. The maximum atomic E-state index is 13.1. The zero-order chi connectivity index (χ0) is 12.3. The van der Waals surface area contributed by atoms with Gasteiger partial charge in [0.05, 0.1) is 5.56 Å². The third-order valence-electron chi connectivity index (χ3n) is 2.88. The van der Waals surface area contributed by atoms with E-state index in [2.05, 4.69) is 0 Å². The van der Waals surface area contributed by atoms with Gasteiger partial charge in [-0.1, -0.05) is 18.2 Å². The average Bonchev–Trinajstić information content (AvgIpc) is 2.29. The van der Waals surface area contributed by atoms with E-state index in [0.29, 0.717) is 18.4 Å². The zero-order valence-corrected chi connectivity index (χ0v) is 9.36. The molecule has 1 aromatic carbocycles. The summed E-state index contributed by atoms with van der Waals surface area (Å²) in [4.78, 5) is 11.7. The average molecular weight is 240 g/mol. The second kappa shape index (κ2) is 4.82. The molecule has 1 aliphatic rings. The number of ether oxygens (including phenoxy) is 1. The minimum atomic E-state index is -2.69. The standard InChI is InChI=1S/C13H14F2O2/c14-13(15)8-4-7-11(9-13)17-12(16)10-5-2-1-3-6-10/h1-3,5-6,11H,4,7-9H2. The highest BCUT2D eigenvalue weighted by Crippen LogP contribution is 2.34. The smallest absolute Gasteiger partial charge is 0.338 e. The van der Waals surface area contributed by atoms with Crippen molar-refractivity contribution in [3.8, 4) is 0 Å². The lowest BCUT2D eigenvalue weighted by Crippen LogP contribution is -2.32. The van der Waals surface area contributed by atoms with Gasteiger partial charge in [-0.2, -0.15) is 0 Å². The Morgan fingerprint density at radius 3 is 2.65 bits per heavy atom. The van der Waals surface area contributed by atoms with Crippen molar-refractivity contribution in [2.45, 2.75) is 37.7 Å². The minimum absolute atomic E-state index is 0.105. The van der Waals surface area contributed by atoms with Gasteiger partial charge in [-0.25, -0.2) is 13.6 Å². The summed E-state index contributed by atoms with van der Waals surface area (Å²) in [5.74, 6) is -3.21. The fourth-order valence-electron chi connectivity index (χ4n) is 2.02. The van der Waals surface area contributed by atoms with Crippen molar-refractivity contribution < 1.29 is 18.3 Å². The van der Waals surface area contributed by atoms with Crippen molar-refractivity contribution in [2.75, 3.05) is 0 Å². The van der Waals surface area contributed by atoms with Crippen LogP contribution in [0.4, 0.5) is 8.78 Å². The van der Waals surface area contributed by atoms with Crippen LogP contribution in [0.1, 0.15) is 36.0 Å². The van der Waals surface area contributed by atoms with Crippen LogP contribution >= 0.6 is 0 Å². The Hall–Kier alpha value is -1.45. The van der Waals surface area contributed by atoms with E-state index in [0.717, 1.165) is 0 Å².